The Labute approximate surface area is 226 Å². The molecule has 5 heterocycles. The molecular weight excluding hydrogens is 510 g/mol. The molecule has 0 spiro atoms. The van der Waals surface area contributed by atoms with Crippen molar-refractivity contribution in [2.45, 2.75) is 19.9 Å². The van der Waals surface area contributed by atoms with Gasteiger partial charge < -0.3 is 11.1 Å². The number of fused-ring (bicyclic) bond motifs is 2. The third kappa shape index (κ3) is 4.04. The van der Waals surface area contributed by atoms with Crippen molar-refractivity contribution >= 4 is 28.4 Å². The van der Waals surface area contributed by atoms with Crippen molar-refractivity contribution < 1.29 is 4.79 Å². The third-order valence-electron chi connectivity index (χ3n) is 6.57. The number of benzene rings is 1. The Kier molecular flexibility index (Phi) is 5.84. The van der Waals surface area contributed by atoms with Gasteiger partial charge in [-0.2, -0.15) is 10.2 Å². The molecule has 13 nitrogen and oxygen atoms in total. The molecule has 40 heavy (non-hydrogen) atoms. The van der Waals surface area contributed by atoms with Gasteiger partial charge in [0, 0.05) is 19.4 Å². The Morgan fingerprint density at radius 3 is 2.73 bits per heavy atom. The fourth-order valence-corrected chi connectivity index (χ4v) is 4.41. The van der Waals surface area contributed by atoms with Gasteiger partial charge in [0.05, 0.1) is 29.2 Å². The van der Waals surface area contributed by atoms with E-state index < -0.39 is 11.9 Å². The molecule has 0 aliphatic rings. The van der Waals surface area contributed by atoms with Crippen LogP contribution in [-0.2, 0) is 7.05 Å². The Balaban J connectivity index is 1.45. The van der Waals surface area contributed by atoms with E-state index in [1.807, 2.05) is 32.2 Å². The highest BCUT2D eigenvalue weighted by atomic mass is 16.2. The van der Waals surface area contributed by atoms with E-state index in [0.717, 1.165) is 11.3 Å². The number of nitrogens with two attached hydrogens (primary N) is 1. The highest BCUT2D eigenvalue weighted by Crippen LogP contribution is 2.21. The van der Waals surface area contributed by atoms with Crippen LogP contribution in [0.3, 0.4) is 0 Å². The van der Waals surface area contributed by atoms with Gasteiger partial charge in [-0.15, -0.1) is 5.10 Å². The number of aromatic amines is 1. The van der Waals surface area contributed by atoms with Crippen molar-refractivity contribution in [3.8, 4) is 17.5 Å². The zero-order valence-electron chi connectivity index (χ0n) is 21.7. The predicted molar refractivity (Wildman–Crippen MR) is 147 cm³/mol. The van der Waals surface area contributed by atoms with Gasteiger partial charge >= 0.3 is 0 Å². The lowest BCUT2D eigenvalue weighted by molar-refractivity contribution is 0.0940. The molecule has 6 rings (SSSR count). The van der Waals surface area contributed by atoms with Crippen LogP contribution >= 0.6 is 0 Å². The van der Waals surface area contributed by atoms with Crippen LogP contribution in [0, 0.1) is 18.8 Å². The molecule has 6 aromatic rings. The van der Waals surface area contributed by atoms with E-state index in [1.54, 1.807) is 48.4 Å². The second kappa shape index (κ2) is 9.52. The quantitative estimate of drug-likeness (QED) is 0.288. The molecule has 0 unspecified atom stereocenters. The first-order valence-corrected chi connectivity index (χ1v) is 12.3. The van der Waals surface area contributed by atoms with Crippen molar-refractivity contribution in [1.82, 2.24) is 49.4 Å². The first-order valence-electron chi connectivity index (χ1n) is 12.3. The maximum atomic E-state index is 14.0. The predicted octanol–water partition coefficient (Wildman–Crippen LogP) is 1.67. The molecule has 0 aliphatic heterocycles. The van der Waals surface area contributed by atoms with Gasteiger partial charge in [-0.1, -0.05) is 24.1 Å². The molecule has 0 aliphatic carbocycles. The minimum Gasteiger partial charge on any atom is -0.381 e. The van der Waals surface area contributed by atoms with Crippen LogP contribution in [0.25, 0.3) is 22.4 Å². The summed E-state index contributed by atoms with van der Waals surface area (Å²) in [6, 6.07) is 9.99. The lowest BCUT2D eigenvalue weighted by Crippen LogP contribution is -2.33. The number of nitrogens with one attached hydrogen (secondary N) is 2. The zero-order chi connectivity index (χ0) is 28.0. The number of nitrogens with zero attached hydrogens (tertiary/aromatic N) is 8. The van der Waals surface area contributed by atoms with Crippen LogP contribution in [0.2, 0.25) is 0 Å². The van der Waals surface area contributed by atoms with Crippen LogP contribution in [0.1, 0.15) is 46.1 Å². The highest BCUT2D eigenvalue weighted by molar-refractivity contribution is 6.04. The number of hydrogen-bond acceptors (Lipinski definition) is 8. The first kappa shape index (κ1) is 24.6. The summed E-state index contributed by atoms with van der Waals surface area (Å²) in [5.41, 5.74) is 8.79. The summed E-state index contributed by atoms with van der Waals surface area (Å²) in [6.45, 7) is 3.63. The maximum absolute atomic E-state index is 14.0. The van der Waals surface area contributed by atoms with Crippen LogP contribution in [-0.4, -0.2) is 50.0 Å². The second-order valence-electron chi connectivity index (χ2n) is 9.10. The first-order chi connectivity index (χ1) is 19.3. The van der Waals surface area contributed by atoms with E-state index >= 15 is 0 Å². The topological polar surface area (TPSA) is 167 Å². The number of nitrogen functional groups attached to an aromatic ring is 1. The fourth-order valence-electron chi connectivity index (χ4n) is 4.41. The van der Waals surface area contributed by atoms with Crippen LogP contribution in [0.5, 0.6) is 0 Å². The molecule has 0 bridgehead atoms. The molecule has 0 fully saturated rings. The zero-order valence-corrected chi connectivity index (χ0v) is 21.7. The van der Waals surface area contributed by atoms with Crippen molar-refractivity contribution in [3.05, 3.63) is 93.7 Å². The lowest BCUT2D eigenvalue weighted by Gasteiger charge is -2.18. The molecule has 5 aromatic heterocycles. The summed E-state index contributed by atoms with van der Waals surface area (Å²) < 4.78 is 4.59. The van der Waals surface area contributed by atoms with Gasteiger partial charge in [-0.05, 0) is 38.0 Å². The van der Waals surface area contributed by atoms with E-state index in [9.17, 15) is 9.59 Å². The SMILES string of the molecule is Cc1c(C#Cc2n[nH]c3nc([C@H](C)NC(=O)c4c(N)nn5cccnc45)n(-c4ccccc4)c(=O)c23)cnn1C. The second-order valence-corrected chi connectivity index (χ2v) is 9.10. The fraction of sp³-hybridized carbons (Fsp3) is 0.148. The highest BCUT2D eigenvalue weighted by Gasteiger charge is 2.25. The normalized spacial score (nSPS) is 11.9. The molecule has 1 aromatic carbocycles. The van der Waals surface area contributed by atoms with Gasteiger partial charge in [-0.3, -0.25) is 23.9 Å². The van der Waals surface area contributed by atoms with Gasteiger partial charge in [0.25, 0.3) is 11.5 Å². The Hall–Kier alpha value is -5.77. The van der Waals surface area contributed by atoms with Gasteiger partial charge in [0.15, 0.2) is 22.8 Å². The van der Waals surface area contributed by atoms with Gasteiger partial charge in [0.2, 0.25) is 0 Å². The monoisotopic (exact) mass is 533 g/mol. The minimum atomic E-state index is -0.723. The number of hydrogen-bond donors (Lipinski definition) is 3. The summed E-state index contributed by atoms with van der Waals surface area (Å²) in [7, 11) is 1.83. The number of H-pyrrole nitrogens is 1. The summed E-state index contributed by atoms with van der Waals surface area (Å²) in [6.07, 6.45) is 4.86. The van der Waals surface area contributed by atoms with E-state index in [-0.39, 0.29) is 39.5 Å². The average Bonchev–Trinajstić information content (AvgIpc) is 3.62. The van der Waals surface area contributed by atoms with Crippen molar-refractivity contribution in [3.63, 3.8) is 0 Å². The number of aromatic nitrogens is 9. The number of carbonyl (C=O) groups is 1. The smallest absolute Gasteiger partial charge is 0.270 e. The third-order valence-corrected chi connectivity index (χ3v) is 6.57. The molecule has 0 saturated carbocycles. The molecule has 13 heteroatoms. The number of para-hydroxylation sites is 1. The van der Waals surface area contributed by atoms with Crippen molar-refractivity contribution in [2.75, 3.05) is 5.73 Å². The summed E-state index contributed by atoms with van der Waals surface area (Å²) in [4.78, 5) is 36.3. The number of anilines is 1. The standard InChI is InChI=1S/C27H23N11O2/c1-15(31-26(39)21-22(28)35-37-13-7-12-29-25(21)37)24-32-23-20(27(40)38(24)18-8-5-4-6-9-18)19(33-34-23)11-10-17-14-30-36(3)16(17)2/h4-9,12-15H,1-3H3,(H2,28,35)(H,31,39)(H,33,34)/t15-/m0/s1. The van der Waals surface area contributed by atoms with E-state index in [1.165, 1.54) is 9.08 Å². The van der Waals surface area contributed by atoms with Gasteiger partial charge in [0.1, 0.15) is 16.8 Å². The Bertz CT molecular complexity index is 2040. The van der Waals surface area contributed by atoms with E-state index in [0.29, 0.717) is 11.3 Å². The van der Waals surface area contributed by atoms with Crippen molar-refractivity contribution in [1.29, 1.82) is 0 Å². The maximum Gasteiger partial charge on any atom is 0.270 e. The average molecular weight is 534 g/mol. The molecule has 4 N–H and O–H groups in total. The molecule has 0 saturated heterocycles. The van der Waals surface area contributed by atoms with E-state index in [4.69, 9.17) is 10.7 Å². The number of aryl methyl sites for hydroxylation is 1. The summed E-state index contributed by atoms with van der Waals surface area (Å²) in [5.74, 6) is 5.84. The van der Waals surface area contributed by atoms with Gasteiger partial charge in [-0.25, -0.2) is 14.5 Å². The van der Waals surface area contributed by atoms with Crippen LogP contribution < -0.4 is 16.6 Å². The summed E-state index contributed by atoms with van der Waals surface area (Å²) >= 11 is 0. The van der Waals surface area contributed by atoms with Crippen molar-refractivity contribution in [2.24, 2.45) is 7.05 Å². The molecule has 198 valence electrons. The van der Waals surface area contributed by atoms with E-state index in [2.05, 4.69) is 42.5 Å². The molecule has 0 radical (unpaired) electrons. The molecule has 1 atom stereocenters. The Morgan fingerprint density at radius 1 is 1.18 bits per heavy atom. The minimum absolute atomic E-state index is 0.0351. The van der Waals surface area contributed by atoms with Crippen LogP contribution in [0.4, 0.5) is 5.82 Å². The largest absolute Gasteiger partial charge is 0.381 e. The molecule has 1 amide bonds. The lowest BCUT2D eigenvalue weighted by atomic mass is 10.2. The van der Waals surface area contributed by atoms with Crippen LogP contribution in [0.15, 0.2) is 59.8 Å². The molecular formula is C27H23N11O2. The number of carbonyl (C=O) groups excluding carboxylic acids is 1. The number of rotatable bonds is 4. The number of amides is 1. The Morgan fingerprint density at radius 2 is 1.98 bits per heavy atom. The summed E-state index contributed by atoms with van der Waals surface area (Å²) in [5, 5.41) is 18.6.